The highest BCUT2D eigenvalue weighted by molar-refractivity contribution is 6.33. The highest BCUT2D eigenvalue weighted by atomic mass is 35.5. The molecule has 144 valence electrons. The summed E-state index contributed by atoms with van der Waals surface area (Å²) >= 11 is 6.01. The lowest BCUT2D eigenvalue weighted by molar-refractivity contribution is -0.384. The Labute approximate surface area is 166 Å². The summed E-state index contributed by atoms with van der Waals surface area (Å²) < 4.78 is 0. The number of anilines is 1. The van der Waals surface area contributed by atoms with Gasteiger partial charge in [0.05, 0.1) is 21.1 Å². The number of carbonyl (C=O) groups is 1. The fourth-order valence-corrected chi connectivity index (χ4v) is 3.42. The van der Waals surface area contributed by atoms with Gasteiger partial charge in [0.1, 0.15) is 11.9 Å². The highest BCUT2D eigenvalue weighted by Gasteiger charge is 2.23. The summed E-state index contributed by atoms with van der Waals surface area (Å²) in [5.41, 5.74) is 0.474. The maximum Gasteiger partial charge on any atom is 0.270 e. The summed E-state index contributed by atoms with van der Waals surface area (Å²) in [4.78, 5) is 29.1. The first kappa shape index (κ1) is 19.6. The van der Waals surface area contributed by atoms with E-state index in [4.69, 9.17) is 11.6 Å². The van der Waals surface area contributed by atoms with Gasteiger partial charge in [-0.1, -0.05) is 11.6 Å². The molecule has 0 saturated carbocycles. The van der Waals surface area contributed by atoms with Crippen LogP contribution in [0.1, 0.15) is 28.8 Å². The zero-order chi connectivity index (χ0) is 20.1. The van der Waals surface area contributed by atoms with Gasteiger partial charge in [-0.25, -0.2) is 4.98 Å². The quantitative estimate of drug-likeness (QED) is 0.610. The number of halogens is 1. The molecule has 0 radical (unpaired) electrons. The SMILES string of the molecule is N#Cc1cccnc1N1CCC(CNC(=O)c2cc([N+](=O)[O-])ccc2Cl)CC1. The second-order valence-corrected chi connectivity index (χ2v) is 6.96. The van der Waals surface area contributed by atoms with Gasteiger partial charge in [-0.2, -0.15) is 5.26 Å². The van der Waals surface area contributed by atoms with Crippen molar-refractivity contribution in [2.24, 2.45) is 5.92 Å². The van der Waals surface area contributed by atoms with Gasteiger partial charge < -0.3 is 10.2 Å². The number of aromatic nitrogens is 1. The number of hydrogen-bond acceptors (Lipinski definition) is 6. The van der Waals surface area contributed by atoms with Crippen LogP contribution in [-0.4, -0.2) is 35.4 Å². The lowest BCUT2D eigenvalue weighted by Gasteiger charge is -2.33. The largest absolute Gasteiger partial charge is 0.356 e. The van der Waals surface area contributed by atoms with E-state index in [-0.39, 0.29) is 22.2 Å². The standard InChI is InChI=1S/C19H18ClN5O3/c20-17-4-3-15(25(27)28)10-16(17)19(26)23-12-13-5-8-24(9-6-13)18-14(11-21)2-1-7-22-18/h1-4,7,10,13H,5-6,8-9,12H2,(H,23,26). The van der Waals surface area contributed by atoms with Crippen molar-refractivity contribution in [1.29, 1.82) is 5.26 Å². The molecule has 1 aliphatic rings. The van der Waals surface area contributed by atoms with Crippen LogP contribution in [0.25, 0.3) is 0 Å². The summed E-state index contributed by atoms with van der Waals surface area (Å²) in [7, 11) is 0. The molecule has 1 N–H and O–H groups in total. The predicted octanol–water partition coefficient (Wildman–Crippen LogP) is 3.16. The van der Waals surface area contributed by atoms with Crippen molar-refractivity contribution in [2.75, 3.05) is 24.5 Å². The number of nitro groups is 1. The third-order valence-corrected chi connectivity index (χ3v) is 5.11. The summed E-state index contributed by atoms with van der Waals surface area (Å²) in [5, 5.41) is 23.1. The van der Waals surface area contributed by atoms with E-state index in [1.807, 2.05) is 0 Å². The molecule has 0 bridgehead atoms. The van der Waals surface area contributed by atoms with Crippen molar-refractivity contribution in [3.8, 4) is 6.07 Å². The lowest BCUT2D eigenvalue weighted by atomic mass is 9.96. The van der Waals surface area contributed by atoms with E-state index in [0.717, 1.165) is 25.9 Å². The van der Waals surface area contributed by atoms with Crippen molar-refractivity contribution in [2.45, 2.75) is 12.8 Å². The first-order valence-corrected chi connectivity index (χ1v) is 9.19. The molecular weight excluding hydrogens is 382 g/mol. The minimum Gasteiger partial charge on any atom is -0.356 e. The summed E-state index contributed by atoms with van der Waals surface area (Å²) in [6.07, 6.45) is 3.35. The minimum absolute atomic E-state index is 0.0976. The van der Waals surface area contributed by atoms with Gasteiger partial charge in [0, 0.05) is 38.0 Å². The average molecular weight is 400 g/mol. The number of nitriles is 1. The van der Waals surface area contributed by atoms with E-state index in [1.54, 1.807) is 18.3 Å². The smallest absolute Gasteiger partial charge is 0.270 e. The predicted molar refractivity (Wildman–Crippen MR) is 104 cm³/mol. The maximum atomic E-state index is 12.4. The van der Waals surface area contributed by atoms with E-state index < -0.39 is 10.8 Å². The Morgan fingerprint density at radius 1 is 1.39 bits per heavy atom. The van der Waals surface area contributed by atoms with E-state index >= 15 is 0 Å². The number of rotatable bonds is 5. The Hall–Kier alpha value is -3.18. The normalized spacial score (nSPS) is 14.4. The van der Waals surface area contributed by atoms with Crippen LogP contribution >= 0.6 is 11.6 Å². The second kappa shape index (κ2) is 8.67. The van der Waals surface area contributed by atoms with Crippen molar-refractivity contribution in [3.05, 3.63) is 62.8 Å². The van der Waals surface area contributed by atoms with Gasteiger partial charge in [-0.05, 0) is 37.0 Å². The van der Waals surface area contributed by atoms with Crippen LogP contribution in [0, 0.1) is 27.4 Å². The number of nitro benzene ring substituents is 1. The van der Waals surface area contributed by atoms with Crippen molar-refractivity contribution in [1.82, 2.24) is 10.3 Å². The molecule has 2 aromatic rings. The number of amides is 1. The third-order valence-electron chi connectivity index (χ3n) is 4.78. The van der Waals surface area contributed by atoms with Gasteiger partial charge in [0.25, 0.3) is 11.6 Å². The maximum absolute atomic E-state index is 12.4. The minimum atomic E-state index is -0.560. The molecule has 1 aromatic carbocycles. The van der Waals surface area contributed by atoms with E-state index in [9.17, 15) is 20.2 Å². The molecular formula is C19H18ClN5O3. The summed E-state index contributed by atoms with van der Waals surface area (Å²) in [6.45, 7) is 1.94. The van der Waals surface area contributed by atoms with E-state index in [0.29, 0.717) is 17.9 Å². The van der Waals surface area contributed by atoms with Crippen LogP contribution in [0.5, 0.6) is 0 Å². The van der Waals surface area contributed by atoms with Crippen molar-refractivity contribution < 1.29 is 9.72 Å². The number of pyridine rings is 1. The molecule has 0 spiro atoms. The molecule has 2 heterocycles. The van der Waals surface area contributed by atoms with Gasteiger partial charge in [-0.15, -0.1) is 0 Å². The average Bonchev–Trinajstić information content (AvgIpc) is 2.72. The number of non-ortho nitro benzene ring substituents is 1. The van der Waals surface area contributed by atoms with Crippen LogP contribution < -0.4 is 10.2 Å². The topological polar surface area (TPSA) is 112 Å². The van der Waals surface area contributed by atoms with Gasteiger partial charge >= 0.3 is 0 Å². The van der Waals surface area contributed by atoms with Crippen LogP contribution in [0.15, 0.2) is 36.5 Å². The van der Waals surface area contributed by atoms with Crippen molar-refractivity contribution in [3.63, 3.8) is 0 Å². The Balaban J connectivity index is 1.56. The fraction of sp³-hybridized carbons (Fsp3) is 0.316. The Bertz CT molecular complexity index is 935. The molecule has 1 amide bonds. The zero-order valence-electron chi connectivity index (χ0n) is 15.0. The second-order valence-electron chi connectivity index (χ2n) is 6.55. The van der Waals surface area contributed by atoms with Gasteiger partial charge in [-0.3, -0.25) is 14.9 Å². The van der Waals surface area contributed by atoms with E-state index in [1.165, 1.54) is 18.2 Å². The highest BCUT2D eigenvalue weighted by Crippen LogP contribution is 2.25. The van der Waals surface area contributed by atoms with Crippen molar-refractivity contribution >= 4 is 29.0 Å². The first-order chi connectivity index (χ1) is 13.5. The third kappa shape index (κ3) is 4.38. The van der Waals surface area contributed by atoms with Gasteiger partial charge in [0.15, 0.2) is 0 Å². The zero-order valence-corrected chi connectivity index (χ0v) is 15.7. The lowest BCUT2D eigenvalue weighted by Crippen LogP contribution is -2.39. The summed E-state index contributed by atoms with van der Waals surface area (Å²) in [6, 6.07) is 9.45. The molecule has 9 heteroatoms. The molecule has 28 heavy (non-hydrogen) atoms. The monoisotopic (exact) mass is 399 g/mol. The van der Waals surface area contributed by atoms with Crippen LogP contribution in [0.2, 0.25) is 5.02 Å². The number of hydrogen-bond donors (Lipinski definition) is 1. The molecule has 0 atom stereocenters. The van der Waals surface area contributed by atoms with Gasteiger partial charge in [0.2, 0.25) is 0 Å². The molecule has 1 aliphatic heterocycles. The number of piperidine rings is 1. The number of nitrogens with zero attached hydrogens (tertiary/aromatic N) is 4. The van der Waals surface area contributed by atoms with Crippen LogP contribution in [0.3, 0.4) is 0 Å². The number of nitrogens with one attached hydrogen (secondary N) is 1. The van der Waals surface area contributed by atoms with E-state index in [2.05, 4.69) is 21.3 Å². The Kier molecular flexibility index (Phi) is 6.06. The molecule has 1 saturated heterocycles. The molecule has 0 aliphatic carbocycles. The first-order valence-electron chi connectivity index (χ1n) is 8.82. The molecule has 8 nitrogen and oxygen atoms in total. The number of benzene rings is 1. The molecule has 1 fully saturated rings. The molecule has 0 unspecified atom stereocenters. The number of carbonyl (C=O) groups excluding carboxylic acids is 1. The Morgan fingerprint density at radius 2 is 2.14 bits per heavy atom. The molecule has 3 rings (SSSR count). The fourth-order valence-electron chi connectivity index (χ4n) is 3.22. The van der Waals surface area contributed by atoms with Crippen LogP contribution in [0.4, 0.5) is 11.5 Å². The summed E-state index contributed by atoms with van der Waals surface area (Å²) in [5.74, 6) is 0.537. The van der Waals surface area contributed by atoms with Crippen LogP contribution in [-0.2, 0) is 0 Å². The molecule has 1 aromatic heterocycles. The Morgan fingerprint density at radius 3 is 2.82 bits per heavy atom.